The topological polar surface area (TPSA) is 95.7 Å². The number of anilines is 2. The molecular formula is C16H15FN6O2. The summed E-state index contributed by atoms with van der Waals surface area (Å²) >= 11 is 0. The number of imidazole rings is 1. The molecule has 2 N–H and O–H groups in total. The third-order valence-corrected chi connectivity index (χ3v) is 4.04. The molecule has 0 unspecified atom stereocenters. The SMILES string of the molecule is O=C(Nc1ccc(F)cn1)c1cnc2ccc(N3CC[C@H](O)C3)nn12. The molecule has 4 rings (SSSR count). The zero-order valence-corrected chi connectivity index (χ0v) is 13.1. The molecule has 1 saturated heterocycles. The number of carbonyl (C=O) groups excluding carboxylic acids is 1. The van der Waals surface area contributed by atoms with Crippen molar-refractivity contribution in [1.82, 2.24) is 19.6 Å². The monoisotopic (exact) mass is 342 g/mol. The van der Waals surface area contributed by atoms with E-state index in [4.69, 9.17) is 0 Å². The largest absolute Gasteiger partial charge is 0.391 e. The van der Waals surface area contributed by atoms with Crippen LogP contribution in [0.5, 0.6) is 0 Å². The molecule has 1 atom stereocenters. The Morgan fingerprint density at radius 1 is 1.24 bits per heavy atom. The van der Waals surface area contributed by atoms with Crippen molar-refractivity contribution in [2.45, 2.75) is 12.5 Å². The number of aliphatic hydroxyl groups excluding tert-OH is 1. The Morgan fingerprint density at radius 2 is 2.12 bits per heavy atom. The van der Waals surface area contributed by atoms with Crippen LogP contribution in [0.15, 0.2) is 36.7 Å². The molecule has 0 saturated carbocycles. The van der Waals surface area contributed by atoms with Gasteiger partial charge in [-0.15, -0.1) is 5.10 Å². The van der Waals surface area contributed by atoms with E-state index in [1.54, 1.807) is 6.07 Å². The van der Waals surface area contributed by atoms with E-state index >= 15 is 0 Å². The summed E-state index contributed by atoms with van der Waals surface area (Å²) in [6.45, 7) is 1.21. The second-order valence-corrected chi connectivity index (χ2v) is 5.81. The van der Waals surface area contributed by atoms with E-state index < -0.39 is 11.7 Å². The number of amides is 1. The zero-order chi connectivity index (χ0) is 17.4. The molecule has 128 valence electrons. The Bertz CT molecular complexity index is 926. The van der Waals surface area contributed by atoms with E-state index in [-0.39, 0.29) is 17.6 Å². The number of nitrogens with zero attached hydrogens (tertiary/aromatic N) is 5. The second kappa shape index (κ2) is 6.10. The maximum atomic E-state index is 12.9. The van der Waals surface area contributed by atoms with Gasteiger partial charge in [0, 0.05) is 13.1 Å². The summed E-state index contributed by atoms with van der Waals surface area (Å²) in [5.41, 5.74) is 0.767. The minimum absolute atomic E-state index is 0.236. The molecule has 1 aliphatic heterocycles. The van der Waals surface area contributed by atoms with Crippen molar-refractivity contribution < 1.29 is 14.3 Å². The highest BCUT2D eigenvalue weighted by Crippen LogP contribution is 2.19. The van der Waals surface area contributed by atoms with Gasteiger partial charge < -0.3 is 15.3 Å². The van der Waals surface area contributed by atoms with Crippen LogP contribution in [0.25, 0.3) is 5.65 Å². The van der Waals surface area contributed by atoms with E-state index in [0.29, 0.717) is 31.0 Å². The third kappa shape index (κ3) is 3.01. The molecule has 3 aromatic heterocycles. The van der Waals surface area contributed by atoms with E-state index in [0.717, 1.165) is 6.20 Å². The van der Waals surface area contributed by atoms with Crippen molar-refractivity contribution in [3.63, 3.8) is 0 Å². The molecule has 0 spiro atoms. The van der Waals surface area contributed by atoms with Crippen molar-refractivity contribution in [3.05, 3.63) is 48.2 Å². The summed E-state index contributed by atoms with van der Waals surface area (Å²) < 4.78 is 14.3. The molecule has 25 heavy (non-hydrogen) atoms. The smallest absolute Gasteiger partial charge is 0.277 e. The lowest BCUT2D eigenvalue weighted by Gasteiger charge is -2.16. The molecule has 0 radical (unpaired) electrons. The maximum Gasteiger partial charge on any atom is 0.277 e. The molecule has 4 heterocycles. The van der Waals surface area contributed by atoms with Crippen LogP contribution in [0.1, 0.15) is 16.9 Å². The Morgan fingerprint density at radius 3 is 2.84 bits per heavy atom. The van der Waals surface area contributed by atoms with E-state index in [9.17, 15) is 14.3 Å². The van der Waals surface area contributed by atoms with E-state index in [2.05, 4.69) is 20.4 Å². The lowest BCUT2D eigenvalue weighted by Crippen LogP contribution is -2.23. The maximum absolute atomic E-state index is 12.9. The minimum Gasteiger partial charge on any atom is -0.391 e. The van der Waals surface area contributed by atoms with Gasteiger partial charge >= 0.3 is 0 Å². The molecule has 9 heteroatoms. The first kappa shape index (κ1) is 15.5. The van der Waals surface area contributed by atoms with Gasteiger partial charge in [0.1, 0.15) is 17.5 Å². The third-order valence-electron chi connectivity index (χ3n) is 4.04. The van der Waals surface area contributed by atoms with Crippen LogP contribution in [0, 0.1) is 5.82 Å². The number of halogens is 1. The van der Waals surface area contributed by atoms with Gasteiger partial charge in [-0.1, -0.05) is 0 Å². The highest BCUT2D eigenvalue weighted by Gasteiger charge is 2.22. The Hall–Kier alpha value is -3.07. The number of hydrogen-bond acceptors (Lipinski definition) is 6. The number of aromatic nitrogens is 4. The average molecular weight is 342 g/mol. The van der Waals surface area contributed by atoms with Gasteiger partial charge in [-0.2, -0.15) is 0 Å². The van der Waals surface area contributed by atoms with Crippen LogP contribution in [-0.2, 0) is 0 Å². The Labute approximate surface area is 141 Å². The van der Waals surface area contributed by atoms with E-state index in [1.165, 1.54) is 22.8 Å². The van der Waals surface area contributed by atoms with Crippen molar-refractivity contribution in [3.8, 4) is 0 Å². The predicted molar refractivity (Wildman–Crippen MR) is 88.0 cm³/mol. The number of pyridine rings is 1. The van der Waals surface area contributed by atoms with Crippen molar-refractivity contribution in [1.29, 1.82) is 0 Å². The fraction of sp³-hybridized carbons (Fsp3) is 0.250. The highest BCUT2D eigenvalue weighted by atomic mass is 19.1. The van der Waals surface area contributed by atoms with Crippen LogP contribution in [-0.4, -0.2) is 49.8 Å². The summed E-state index contributed by atoms with van der Waals surface area (Å²) in [5, 5.41) is 16.7. The number of hydrogen-bond donors (Lipinski definition) is 2. The van der Waals surface area contributed by atoms with Crippen molar-refractivity contribution in [2.24, 2.45) is 0 Å². The number of β-amino-alcohol motifs (C(OH)–C–C–N with tert-alkyl or cyclic N) is 1. The summed E-state index contributed by atoms with van der Waals surface area (Å²) in [6.07, 6.45) is 2.77. The molecule has 1 amide bonds. The first-order valence-electron chi connectivity index (χ1n) is 7.81. The van der Waals surface area contributed by atoms with Gasteiger partial charge in [0.2, 0.25) is 0 Å². The summed E-state index contributed by atoms with van der Waals surface area (Å²) in [4.78, 5) is 22.4. The predicted octanol–water partition coefficient (Wildman–Crippen LogP) is 1.09. The highest BCUT2D eigenvalue weighted by molar-refractivity contribution is 6.02. The first-order chi connectivity index (χ1) is 12.1. The Balaban J connectivity index is 1.62. The number of fused-ring (bicyclic) bond motifs is 1. The molecular weight excluding hydrogens is 327 g/mol. The van der Waals surface area contributed by atoms with Gasteiger partial charge in [-0.3, -0.25) is 4.79 Å². The molecule has 0 bridgehead atoms. The van der Waals surface area contributed by atoms with Gasteiger partial charge in [0.25, 0.3) is 5.91 Å². The van der Waals surface area contributed by atoms with E-state index in [1.807, 2.05) is 11.0 Å². The van der Waals surface area contributed by atoms with Gasteiger partial charge in [-0.05, 0) is 30.7 Å². The zero-order valence-electron chi connectivity index (χ0n) is 13.1. The normalized spacial score (nSPS) is 17.2. The number of aliphatic hydroxyl groups is 1. The van der Waals surface area contributed by atoms with Crippen molar-refractivity contribution in [2.75, 3.05) is 23.3 Å². The molecule has 3 aromatic rings. The Kier molecular flexibility index (Phi) is 3.77. The number of nitrogens with one attached hydrogen (secondary N) is 1. The quantitative estimate of drug-likeness (QED) is 0.740. The van der Waals surface area contributed by atoms with Crippen molar-refractivity contribution >= 4 is 23.2 Å². The van der Waals surface area contributed by atoms with Crippen LogP contribution in [0.3, 0.4) is 0 Å². The van der Waals surface area contributed by atoms with Crippen LogP contribution >= 0.6 is 0 Å². The lowest BCUT2D eigenvalue weighted by atomic mass is 10.3. The summed E-state index contributed by atoms with van der Waals surface area (Å²) in [5.74, 6) is -0.0270. The second-order valence-electron chi connectivity index (χ2n) is 5.81. The molecule has 0 aromatic carbocycles. The van der Waals surface area contributed by atoms with Crippen LogP contribution in [0.2, 0.25) is 0 Å². The average Bonchev–Trinajstić information content (AvgIpc) is 3.22. The fourth-order valence-electron chi connectivity index (χ4n) is 2.77. The first-order valence-corrected chi connectivity index (χ1v) is 7.81. The van der Waals surface area contributed by atoms with Crippen LogP contribution < -0.4 is 10.2 Å². The standard InChI is InChI=1S/C16H15FN6O2/c17-10-1-2-13(18-7-10)20-16(25)12-8-19-14-3-4-15(21-23(12)14)22-6-5-11(24)9-22/h1-4,7-8,11,24H,5-6,9H2,(H,18,20,25)/t11-/m0/s1. The molecule has 8 nitrogen and oxygen atoms in total. The van der Waals surface area contributed by atoms with Gasteiger partial charge in [0.05, 0.1) is 18.5 Å². The van der Waals surface area contributed by atoms with Crippen LogP contribution in [0.4, 0.5) is 16.0 Å². The number of rotatable bonds is 3. The molecule has 1 aliphatic rings. The van der Waals surface area contributed by atoms with Gasteiger partial charge in [0.15, 0.2) is 11.3 Å². The molecule has 0 aliphatic carbocycles. The summed E-state index contributed by atoms with van der Waals surface area (Å²) in [6, 6.07) is 6.16. The number of carbonyl (C=O) groups is 1. The fourth-order valence-corrected chi connectivity index (χ4v) is 2.77. The minimum atomic E-state index is -0.480. The van der Waals surface area contributed by atoms with Gasteiger partial charge in [-0.25, -0.2) is 18.9 Å². The summed E-state index contributed by atoms with van der Waals surface area (Å²) in [7, 11) is 0. The lowest BCUT2D eigenvalue weighted by molar-refractivity contribution is 0.102. The molecule has 1 fully saturated rings.